The number of benzene rings is 1. The van der Waals surface area contributed by atoms with E-state index in [1.54, 1.807) is 42.7 Å². The molecule has 0 bridgehead atoms. The summed E-state index contributed by atoms with van der Waals surface area (Å²) in [4.78, 5) is 16.0. The summed E-state index contributed by atoms with van der Waals surface area (Å²) in [5.74, 6) is -0.309. The molecule has 24 heavy (non-hydrogen) atoms. The molecule has 6 nitrogen and oxygen atoms in total. The third-order valence-electron chi connectivity index (χ3n) is 3.30. The molecule has 0 aliphatic rings. The van der Waals surface area contributed by atoms with E-state index < -0.39 is 10.0 Å². The molecule has 0 spiro atoms. The van der Waals surface area contributed by atoms with Gasteiger partial charge in [-0.3, -0.25) is 9.78 Å². The third kappa shape index (κ3) is 4.50. The first-order chi connectivity index (χ1) is 11.4. The van der Waals surface area contributed by atoms with Crippen LogP contribution in [-0.2, 0) is 21.4 Å². The van der Waals surface area contributed by atoms with Gasteiger partial charge in [0.2, 0.25) is 15.9 Å². The molecule has 1 N–H and O–H groups in total. The van der Waals surface area contributed by atoms with Gasteiger partial charge >= 0.3 is 0 Å². The summed E-state index contributed by atoms with van der Waals surface area (Å²) >= 11 is 0. The van der Waals surface area contributed by atoms with E-state index in [4.69, 9.17) is 0 Å². The molecule has 0 radical (unpaired) electrons. The number of hydrogen-bond acceptors (Lipinski definition) is 4. The number of rotatable bonds is 6. The van der Waals surface area contributed by atoms with E-state index in [0.717, 1.165) is 9.87 Å². The molecule has 0 fully saturated rings. The van der Waals surface area contributed by atoms with E-state index in [1.165, 1.54) is 26.2 Å². The van der Waals surface area contributed by atoms with Crippen LogP contribution in [0.25, 0.3) is 6.08 Å². The summed E-state index contributed by atoms with van der Waals surface area (Å²) < 4.78 is 25.7. The van der Waals surface area contributed by atoms with Gasteiger partial charge in [-0.2, -0.15) is 0 Å². The predicted molar refractivity (Wildman–Crippen MR) is 92.4 cm³/mol. The van der Waals surface area contributed by atoms with Crippen LogP contribution in [0.1, 0.15) is 11.1 Å². The van der Waals surface area contributed by atoms with Gasteiger partial charge in [0.15, 0.2) is 0 Å². The molecule has 0 saturated heterocycles. The average Bonchev–Trinajstić information content (AvgIpc) is 2.59. The molecular formula is C17H19N3O3S. The highest BCUT2D eigenvalue weighted by Gasteiger charge is 2.20. The molecule has 0 aliphatic carbocycles. The Kier molecular flexibility index (Phi) is 5.83. The molecule has 0 atom stereocenters. The number of hydrogen-bond donors (Lipinski definition) is 1. The quantitative estimate of drug-likeness (QED) is 0.808. The second-order valence-electron chi connectivity index (χ2n) is 5.23. The topological polar surface area (TPSA) is 79.4 Å². The molecular weight excluding hydrogens is 326 g/mol. The third-order valence-corrected chi connectivity index (χ3v) is 5.21. The number of nitrogens with zero attached hydrogens (tertiary/aromatic N) is 2. The van der Waals surface area contributed by atoms with Crippen molar-refractivity contribution in [1.29, 1.82) is 0 Å². The summed E-state index contributed by atoms with van der Waals surface area (Å²) in [5, 5.41) is 2.69. The molecule has 1 heterocycles. The Morgan fingerprint density at radius 3 is 2.62 bits per heavy atom. The summed E-state index contributed by atoms with van der Waals surface area (Å²) in [7, 11) is -0.608. The lowest BCUT2D eigenvalue weighted by Crippen LogP contribution is -2.26. The first-order valence-corrected chi connectivity index (χ1v) is 8.71. The zero-order valence-electron chi connectivity index (χ0n) is 13.5. The van der Waals surface area contributed by atoms with Gasteiger partial charge in [-0.25, -0.2) is 12.7 Å². The zero-order chi connectivity index (χ0) is 17.6. The van der Waals surface area contributed by atoms with Gasteiger partial charge in [-0.15, -0.1) is 0 Å². The zero-order valence-corrected chi connectivity index (χ0v) is 14.3. The van der Waals surface area contributed by atoms with Crippen molar-refractivity contribution in [1.82, 2.24) is 14.6 Å². The fourth-order valence-corrected chi connectivity index (χ4v) is 3.10. The van der Waals surface area contributed by atoms with Crippen LogP contribution < -0.4 is 5.32 Å². The Morgan fingerprint density at radius 1 is 1.21 bits per heavy atom. The Bertz CT molecular complexity index is 831. The van der Waals surface area contributed by atoms with Crippen LogP contribution in [0, 0.1) is 0 Å². The fraction of sp³-hybridized carbons (Fsp3) is 0.176. The Balaban J connectivity index is 2.08. The van der Waals surface area contributed by atoms with E-state index in [2.05, 4.69) is 10.3 Å². The molecule has 2 aromatic rings. The van der Waals surface area contributed by atoms with E-state index >= 15 is 0 Å². The molecule has 1 amide bonds. The summed E-state index contributed by atoms with van der Waals surface area (Å²) in [6.45, 7) is 0.124. The first kappa shape index (κ1) is 17.8. The number of pyridine rings is 1. The lowest BCUT2D eigenvalue weighted by atomic mass is 10.2. The molecule has 2 rings (SSSR count). The standard InChI is InChI=1S/C17H19N3O3S/c1-20(2)24(22,23)16-8-4-3-7-15(16)13-19-17(21)10-9-14-6-5-11-18-12-14/h3-12H,13H2,1-2H3,(H,19,21)/b10-9+. The number of sulfonamides is 1. The van der Waals surface area contributed by atoms with Crippen molar-refractivity contribution in [3.05, 3.63) is 66.0 Å². The summed E-state index contributed by atoms with van der Waals surface area (Å²) in [6.07, 6.45) is 6.33. The van der Waals surface area contributed by atoms with E-state index in [-0.39, 0.29) is 17.3 Å². The predicted octanol–water partition coefficient (Wildman–Crippen LogP) is 1.66. The molecule has 126 valence electrons. The van der Waals surface area contributed by atoms with Crippen LogP contribution in [0.4, 0.5) is 0 Å². The van der Waals surface area contributed by atoms with Crippen molar-refractivity contribution in [2.45, 2.75) is 11.4 Å². The maximum absolute atomic E-state index is 12.3. The number of carbonyl (C=O) groups is 1. The summed E-state index contributed by atoms with van der Waals surface area (Å²) in [5.41, 5.74) is 1.34. The van der Waals surface area contributed by atoms with Crippen LogP contribution in [0.3, 0.4) is 0 Å². The molecule has 0 saturated carbocycles. The lowest BCUT2D eigenvalue weighted by Gasteiger charge is -2.15. The van der Waals surface area contributed by atoms with Crippen LogP contribution in [0.5, 0.6) is 0 Å². The number of aromatic nitrogens is 1. The Labute approximate surface area is 141 Å². The largest absolute Gasteiger partial charge is 0.348 e. The van der Waals surface area contributed by atoms with Crippen LogP contribution in [-0.4, -0.2) is 37.7 Å². The maximum Gasteiger partial charge on any atom is 0.244 e. The van der Waals surface area contributed by atoms with Crippen molar-refractivity contribution >= 4 is 22.0 Å². The van der Waals surface area contributed by atoms with Gasteiger partial charge in [0, 0.05) is 39.1 Å². The van der Waals surface area contributed by atoms with Gasteiger partial charge in [-0.05, 0) is 29.3 Å². The van der Waals surface area contributed by atoms with Crippen molar-refractivity contribution < 1.29 is 13.2 Å². The Morgan fingerprint density at radius 2 is 1.96 bits per heavy atom. The first-order valence-electron chi connectivity index (χ1n) is 7.27. The number of nitrogens with one attached hydrogen (secondary N) is 1. The Hall–Kier alpha value is -2.51. The van der Waals surface area contributed by atoms with Crippen molar-refractivity contribution in [3.63, 3.8) is 0 Å². The lowest BCUT2D eigenvalue weighted by molar-refractivity contribution is -0.116. The number of amides is 1. The minimum absolute atomic E-state index is 0.124. The van der Waals surface area contributed by atoms with Crippen LogP contribution in [0.2, 0.25) is 0 Å². The normalized spacial score (nSPS) is 11.8. The fourth-order valence-electron chi connectivity index (χ4n) is 1.99. The second-order valence-corrected chi connectivity index (χ2v) is 7.35. The van der Waals surface area contributed by atoms with Crippen LogP contribution >= 0.6 is 0 Å². The van der Waals surface area contributed by atoms with Gasteiger partial charge in [0.1, 0.15) is 0 Å². The van der Waals surface area contributed by atoms with E-state index in [9.17, 15) is 13.2 Å². The molecule has 7 heteroatoms. The smallest absolute Gasteiger partial charge is 0.244 e. The molecule has 0 unspecified atom stereocenters. The second kappa shape index (κ2) is 7.85. The molecule has 0 aliphatic heterocycles. The average molecular weight is 345 g/mol. The van der Waals surface area contributed by atoms with Gasteiger partial charge < -0.3 is 5.32 Å². The highest BCUT2D eigenvalue weighted by atomic mass is 32.2. The molecule has 1 aromatic heterocycles. The highest BCUT2D eigenvalue weighted by molar-refractivity contribution is 7.89. The van der Waals surface area contributed by atoms with Crippen molar-refractivity contribution in [2.75, 3.05) is 14.1 Å². The summed E-state index contributed by atoms with van der Waals surface area (Å²) in [6, 6.07) is 10.2. The van der Waals surface area contributed by atoms with Gasteiger partial charge in [0.25, 0.3) is 0 Å². The molecule has 1 aromatic carbocycles. The SMILES string of the molecule is CN(C)S(=O)(=O)c1ccccc1CNC(=O)/C=C/c1cccnc1. The minimum atomic E-state index is -3.55. The van der Waals surface area contributed by atoms with Gasteiger partial charge in [0.05, 0.1) is 4.90 Å². The van der Waals surface area contributed by atoms with Crippen LogP contribution in [0.15, 0.2) is 59.8 Å². The van der Waals surface area contributed by atoms with Gasteiger partial charge in [-0.1, -0.05) is 24.3 Å². The van der Waals surface area contributed by atoms with E-state index in [1.807, 2.05) is 6.07 Å². The van der Waals surface area contributed by atoms with E-state index in [0.29, 0.717) is 5.56 Å². The monoisotopic (exact) mass is 345 g/mol. The maximum atomic E-state index is 12.3. The highest BCUT2D eigenvalue weighted by Crippen LogP contribution is 2.18. The minimum Gasteiger partial charge on any atom is -0.348 e. The van der Waals surface area contributed by atoms with Crippen molar-refractivity contribution in [3.8, 4) is 0 Å². The van der Waals surface area contributed by atoms with Crippen molar-refractivity contribution in [2.24, 2.45) is 0 Å². The number of carbonyl (C=O) groups excluding carboxylic acids is 1.